The van der Waals surface area contributed by atoms with E-state index in [0.717, 1.165) is 51.4 Å². The highest BCUT2D eigenvalue weighted by molar-refractivity contribution is 9.35. The van der Waals surface area contributed by atoms with Gasteiger partial charge in [0.05, 0.1) is 0 Å². The molecule has 0 saturated heterocycles. The molecule has 0 heterocycles. The number of ether oxygens (including phenoxy) is 2. The van der Waals surface area contributed by atoms with Gasteiger partial charge in [-0.05, 0) is 151 Å². The van der Waals surface area contributed by atoms with Crippen molar-refractivity contribution in [2.75, 3.05) is 0 Å². The van der Waals surface area contributed by atoms with Crippen molar-refractivity contribution < 1.29 is 9.47 Å². The van der Waals surface area contributed by atoms with Gasteiger partial charge in [0.1, 0.15) is 0 Å². The van der Waals surface area contributed by atoms with Crippen LogP contribution in [0.15, 0.2) is 0 Å². The standard InChI is InChI=1S/C26H50O2S9/c1-19(2)11-9-15-25(27-23(29)30,17-13-21(5)6)33-35-37-36-34-26(28-24(31)32,18-14-22(7)8)16-10-12-20(3)4/h19-22H,9-18H2,1-8H3,(H,29,30)(H,31,32). The molecule has 2 atom stereocenters. The van der Waals surface area contributed by atoms with Gasteiger partial charge in [-0.1, -0.05) is 93.5 Å². The quantitative estimate of drug-likeness (QED) is 0.0379. The molecule has 0 bridgehead atoms. The van der Waals surface area contributed by atoms with Gasteiger partial charge in [0, 0.05) is 0 Å². The lowest BCUT2D eigenvalue weighted by molar-refractivity contribution is 0.131. The molecule has 220 valence electrons. The van der Waals surface area contributed by atoms with Crippen molar-refractivity contribution in [2.24, 2.45) is 23.7 Å². The lowest BCUT2D eigenvalue weighted by Crippen LogP contribution is -2.30. The Hall–Kier alpha value is 2.23. The van der Waals surface area contributed by atoms with Gasteiger partial charge in [0.25, 0.3) is 0 Å². The number of hydrogen-bond acceptors (Lipinski definition) is 9. The summed E-state index contributed by atoms with van der Waals surface area (Å²) in [7, 11) is 8.92. The van der Waals surface area contributed by atoms with E-state index in [1.54, 1.807) is 51.1 Å². The maximum Gasteiger partial charge on any atom is 0.218 e. The molecule has 0 rings (SSSR count). The lowest BCUT2D eigenvalue weighted by atomic mass is 9.98. The van der Waals surface area contributed by atoms with Crippen LogP contribution in [-0.4, -0.2) is 18.6 Å². The van der Waals surface area contributed by atoms with E-state index in [9.17, 15) is 0 Å². The predicted molar refractivity (Wildman–Crippen MR) is 194 cm³/mol. The second-order valence-corrected chi connectivity index (χ2v) is 21.7. The molecule has 2 nitrogen and oxygen atoms in total. The minimum Gasteiger partial charge on any atom is -0.460 e. The lowest BCUT2D eigenvalue weighted by Gasteiger charge is -2.34. The van der Waals surface area contributed by atoms with Gasteiger partial charge < -0.3 is 9.47 Å². The zero-order valence-electron chi connectivity index (χ0n) is 23.9. The van der Waals surface area contributed by atoms with Crippen LogP contribution in [0.25, 0.3) is 0 Å². The Balaban J connectivity index is 5.33. The third-order valence-corrected chi connectivity index (χ3v) is 15.8. The molecule has 11 heteroatoms. The summed E-state index contributed by atoms with van der Waals surface area (Å²) in [5.74, 6) is 2.58. The first kappa shape index (κ1) is 39.2. The molecule has 37 heavy (non-hydrogen) atoms. The van der Waals surface area contributed by atoms with E-state index >= 15 is 0 Å². The fraction of sp³-hybridized carbons (Fsp3) is 0.923. The van der Waals surface area contributed by atoms with Gasteiger partial charge in [0.2, 0.25) is 8.77 Å². The topological polar surface area (TPSA) is 18.5 Å². The van der Waals surface area contributed by atoms with Gasteiger partial charge in [0.15, 0.2) is 9.87 Å². The van der Waals surface area contributed by atoms with Gasteiger partial charge in [-0.2, -0.15) is 0 Å². The maximum atomic E-state index is 6.27. The van der Waals surface area contributed by atoms with Crippen molar-refractivity contribution >= 4 is 110 Å². The average Bonchev–Trinajstić information content (AvgIpc) is 2.74. The Bertz CT molecular complexity index is 579. The van der Waals surface area contributed by atoms with Gasteiger partial charge in [-0.25, -0.2) is 0 Å². The van der Waals surface area contributed by atoms with E-state index in [1.807, 2.05) is 0 Å². The second kappa shape index (κ2) is 21.9. The average molecular weight is 683 g/mol. The number of thiocarbonyl (C=S) groups is 2. The van der Waals surface area contributed by atoms with E-state index in [-0.39, 0.29) is 9.87 Å². The van der Waals surface area contributed by atoms with E-state index in [2.05, 4.69) is 80.6 Å². The molecule has 2 unspecified atom stereocenters. The SMILES string of the molecule is CC(C)CCCC(CCC(C)C)(OC(=S)S)SSSSSC(CCCC(C)C)(CCC(C)C)OC(=S)S. The van der Waals surface area contributed by atoms with Crippen molar-refractivity contribution in [2.45, 2.75) is 129 Å². The van der Waals surface area contributed by atoms with Crippen molar-refractivity contribution in [3.8, 4) is 0 Å². The minimum absolute atomic E-state index is 0.335. The third kappa shape index (κ3) is 21.6. The van der Waals surface area contributed by atoms with Crippen LogP contribution in [0.3, 0.4) is 0 Å². The fourth-order valence-corrected chi connectivity index (χ4v) is 15.1. The molecule has 0 aromatic rings. The Morgan fingerprint density at radius 3 is 1.16 bits per heavy atom. The Morgan fingerprint density at radius 1 is 0.568 bits per heavy atom. The second-order valence-electron chi connectivity index (χ2n) is 11.4. The Labute approximate surface area is 269 Å². The summed E-state index contributed by atoms with van der Waals surface area (Å²) < 4.78 is 13.2. The van der Waals surface area contributed by atoms with Crippen molar-refractivity contribution in [1.82, 2.24) is 0 Å². The van der Waals surface area contributed by atoms with Crippen molar-refractivity contribution in [1.29, 1.82) is 0 Å². The molecule has 0 spiro atoms. The molecule has 0 fully saturated rings. The molecule has 0 aromatic heterocycles. The molecule has 0 aliphatic rings. The molecule has 0 aliphatic heterocycles. The summed E-state index contributed by atoms with van der Waals surface area (Å²) in [5.41, 5.74) is 0. The Morgan fingerprint density at radius 2 is 0.892 bits per heavy atom. The fourth-order valence-electron chi connectivity index (χ4n) is 3.71. The summed E-state index contributed by atoms with van der Waals surface area (Å²) in [6.45, 7) is 18.1. The summed E-state index contributed by atoms with van der Waals surface area (Å²) in [6, 6.07) is 0. The zero-order valence-corrected chi connectivity index (χ0v) is 31.5. The molecule has 0 aliphatic carbocycles. The van der Waals surface area contributed by atoms with Crippen molar-refractivity contribution in [3.05, 3.63) is 0 Å². The molecule has 0 amide bonds. The van der Waals surface area contributed by atoms with Crippen LogP contribution in [-0.2, 0) is 9.47 Å². The third-order valence-electron chi connectivity index (χ3n) is 5.86. The highest BCUT2D eigenvalue weighted by Gasteiger charge is 2.36. The summed E-state index contributed by atoms with van der Waals surface area (Å²) >= 11 is 19.3. The van der Waals surface area contributed by atoms with Crippen LogP contribution in [0.2, 0.25) is 0 Å². The molecule has 0 radical (unpaired) electrons. The molecular weight excluding hydrogens is 633 g/mol. The number of rotatable bonds is 22. The van der Waals surface area contributed by atoms with Crippen molar-refractivity contribution in [3.63, 3.8) is 0 Å². The van der Waals surface area contributed by atoms with Crippen LogP contribution in [0, 0.1) is 23.7 Å². The number of hydrogen-bond donors (Lipinski definition) is 2. The first-order valence-electron chi connectivity index (χ1n) is 13.4. The summed E-state index contributed by atoms with van der Waals surface area (Å²) in [5, 5.41) is 0. The van der Waals surface area contributed by atoms with E-state index in [1.165, 1.54) is 12.8 Å². The largest absolute Gasteiger partial charge is 0.460 e. The predicted octanol–water partition coefficient (Wildman–Crippen LogP) is 12.7. The summed E-state index contributed by atoms with van der Waals surface area (Å²) in [4.78, 5) is -0.702. The molecule has 0 N–H and O–H groups in total. The van der Waals surface area contributed by atoms with E-state index < -0.39 is 0 Å². The normalized spacial score (nSPS) is 15.3. The van der Waals surface area contributed by atoms with Gasteiger partial charge in [-0.15, -0.1) is 0 Å². The van der Waals surface area contributed by atoms with E-state index in [4.69, 9.17) is 33.9 Å². The van der Waals surface area contributed by atoms with Crippen LogP contribution in [0.4, 0.5) is 0 Å². The van der Waals surface area contributed by atoms with Gasteiger partial charge in [-0.3, -0.25) is 0 Å². The van der Waals surface area contributed by atoms with Crippen LogP contribution in [0.1, 0.15) is 120 Å². The highest BCUT2D eigenvalue weighted by atomic mass is 33.8. The van der Waals surface area contributed by atoms with Crippen LogP contribution >= 0.6 is 101 Å². The van der Waals surface area contributed by atoms with Crippen LogP contribution < -0.4 is 0 Å². The molecule has 0 saturated carbocycles. The Kier molecular flexibility index (Phi) is 23.2. The van der Waals surface area contributed by atoms with Crippen LogP contribution in [0.5, 0.6) is 0 Å². The van der Waals surface area contributed by atoms with Gasteiger partial charge >= 0.3 is 0 Å². The highest BCUT2D eigenvalue weighted by Crippen LogP contribution is 2.59. The van der Waals surface area contributed by atoms with E-state index in [0.29, 0.717) is 32.4 Å². The molecular formula is C26H50O2S9. The monoisotopic (exact) mass is 682 g/mol. The smallest absolute Gasteiger partial charge is 0.218 e. The summed E-state index contributed by atoms with van der Waals surface area (Å²) in [6.07, 6.45) is 10.7. The maximum absolute atomic E-state index is 6.27. The first-order chi connectivity index (χ1) is 17.2. The first-order valence-corrected chi connectivity index (χ1v) is 21.3. The minimum atomic E-state index is -0.351. The number of thiol groups is 2. The zero-order chi connectivity index (χ0) is 28.5. The molecule has 0 aromatic carbocycles.